The van der Waals surface area contributed by atoms with E-state index in [-0.39, 0.29) is 17.7 Å². The third-order valence-electron chi connectivity index (χ3n) is 1.58. The van der Waals surface area contributed by atoms with E-state index in [9.17, 15) is 9.59 Å². The van der Waals surface area contributed by atoms with E-state index in [1.807, 2.05) is 27.7 Å². The van der Waals surface area contributed by atoms with E-state index in [1.165, 1.54) is 6.92 Å². The van der Waals surface area contributed by atoms with E-state index in [0.29, 0.717) is 12.3 Å². The van der Waals surface area contributed by atoms with Crippen molar-refractivity contribution in [2.45, 2.75) is 54.0 Å². The Morgan fingerprint density at radius 3 is 1.86 bits per heavy atom. The molecule has 1 unspecified atom stereocenters. The molecular weight excluding hydrogens is 178 g/mol. The Kier molecular flexibility index (Phi) is 9.73. The molecule has 1 atom stereocenters. The first-order chi connectivity index (χ1) is 6.43. The van der Waals surface area contributed by atoms with E-state index in [4.69, 9.17) is 0 Å². The van der Waals surface area contributed by atoms with Crippen LogP contribution >= 0.6 is 0 Å². The number of nitrogens with one attached hydrogen (secondary N) is 1. The van der Waals surface area contributed by atoms with Gasteiger partial charge in [-0.2, -0.15) is 0 Å². The van der Waals surface area contributed by atoms with Crippen LogP contribution in [0.3, 0.4) is 0 Å². The zero-order chi connectivity index (χ0) is 11.7. The minimum Gasteiger partial charge on any atom is -0.347 e. The van der Waals surface area contributed by atoms with Crippen LogP contribution in [0.15, 0.2) is 0 Å². The van der Waals surface area contributed by atoms with Crippen molar-refractivity contribution in [3.05, 3.63) is 0 Å². The Morgan fingerprint density at radius 1 is 1.14 bits per heavy atom. The van der Waals surface area contributed by atoms with Gasteiger partial charge >= 0.3 is 0 Å². The number of amides is 1. The fraction of sp³-hybridized carbons (Fsp3) is 0.818. The fourth-order valence-electron chi connectivity index (χ4n) is 0.773. The van der Waals surface area contributed by atoms with Gasteiger partial charge in [-0.25, -0.2) is 0 Å². The molecule has 0 aliphatic rings. The first-order valence-electron chi connectivity index (χ1n) is 5.23. The number of rotatable bonds is 4. The standard InChI is InChI=1S/C9H17NO2.C2H6/c1-6(2)5-9(12)10-7(3)8(4)11;1-2/h6-7H,5H2,1-4H3,(H,10,12);1-2H3. The predicted molar refractivity (Wildman–Crippen MR) is 59.1 cm³/mol. The molecule has 0 radical (unpaired) electrons. The van der Waals surface area contributed by atoms with E-state index >= 15 is 0 Å². The van der Waals surface area contributed by atoms with Crippen LogP contribution in [0.4, 0.5) is 0 Å². The Hall–Kier alpha value is -0.860. The Morgan fingerprint density at radius 2 is 1.57 bits per heavy atom. The summed E-state index contributed by atoms with van der Waals surface area (Å²) in [4.78, 5) is 21.9. The summed E-state index contributed by atoms with van der Waals surface area (Å²) in [5, 5.41) is 2.62. The number of ketones is 1. The summed E-state index contributed by atoms with van der Waals surface area (Å²) in [6, 6.07) is -0.351. The molecule has 0 aliphatic carbocycles. The summed E-state index contributed by atoms with van der Waals surface area (Å²) >= 11 is 0. The maximum Gasteiger partial charge on any atom is 0.220 e. The number of Topliss-reactive ketones (excluding diaryl/α,β-unsaturated/α-hetero) is 1. The van der Waals surface area contributed by atoms with Crippen LogP contribution in [0, 0.1) is 5.92 Å². The maximum absolute atomic E-state index is 11.1. The highest BCUT2D eigenvalue weighted by Gasteiger charge is 2.11. The molecule has 1 N–H and O–H groups in total. The molecule has 0 aromatic carbocycles. The molecule has 0 saturated heterocycles. The van der Waals surface area contributed by atoms with E-state index in [0.717, 1.165) is 0 Å². The van der Waals surface area contributed by atoms with Gasteiger partial charge in [0, 0.05) is 6.42 Å². The minimum absolute atomic E-state index is 0.00731. The van der Waals surface area contributed by atoms with Crippen LogP contribution < -0.4 is 5.32 Å². The molecule has 0 fully saturated rings. The average Bonchev–Trinajstić information content (AvgIpc) is 2.05. The first kappa shape index (κ1) is 15.6. The van der Waals surface area contributed by atoms with Crippen LogP contribution in [-0.2, 0) is 9.59 Å². The van der Waals surface area contributed by atoms with Crippen LogP contribution in [0.5, 0.6) is 0 Å². The quantitative estimate of drug-likeness (QED) is 0.757. The van der Waals surface area contributed by atoms with Crippen LogP contribution in [0.25, 0.3) is 0 Å². The Bertz CT molecular complexity index is 176. The normalized spacial score (nSPS) is 11.4. The molecule has 0 aromatic heterocycles. The molecule has 0 aliphatic heterocycles. The number of carbonyl (C=O) groups is 2. The number of hydrogen-bond donors (Lipinski definition) is 1. The van der Waals surface area contributed by atoms with E-state index in [1.54, 1.807) is 6.92 Å². The van der Waals surface area contributed by atoms with E-state index < -0.39 is 0 Å². The smallest absolute Gasteiger partial charge is 0.220 e. The Balaban J connectivity index is 0. The SMILES string of the molecule is CC.CC(=O)C(C)NC(=O)CC(C)C. The van der Waals surface area contributed by atoms with Gasteiger partial charge < -0.3 is 5.32 Å². The van der Waals surface area contributed by atoms with Crippen molar-refractivity contribution in [1.82, 2.24) is 5.32 Å². The summed E-state index contributed by atoms with van der Waals surface area (Å²) < 4.78 is 0. The second kappa shape index (κ2) is 8.73. The third-order valence-corrected chi connectivity index (χ3v) is 1.58. The van der Waals surface area contributed by atoms with Crippen molar-refractivity contribution in [1.29, 1.82) is 0 Å². The van der Waals surface area contributed by atoms with Crippen molar-refractivity contribution in [2.75, 3.05) is 0 Å². The lowest BCUT2D eigenvalue weighted by atomic mass is 10.1. The molecule has 0 rings (SSSR count). The molecule has 0 bridgehead atoms. The van der Waals surface area contributed by atoms with Gasteiger partial charge in [0.1, 0.15) is 0 Å². The minimum atomic E-state index is -0.351. The highest BCUT2D eigenvalue weighted by molar-refractivity contribution is 5.87. The number of hydrogen-bond acceptors (Lipinski definition) is 2. The van der Waals surface area contributed by atoms with Gasteiger partial charge in [0.2, 0.25) is 5.91 Å². The monoisotopic (exact) mass is 201 g/mol. The van der Waals surface area contributed by atoms with Crippen LogP contribution in [-0.4, -0.2) is 17.7 Å². The largest absolute Gasteiger partial charge is 0.347 e. The molecule has 3 heteroatoms. The molecular formula is C11H23NO2. The number of carbonyl (C=O) groups excluding carboxylic acids is 2. The summed E-state index contributed by atoms with van der Waals surface area (Å²) in [6.45, 7) is 11.1. The van der Waals surface area contributed by atoms with Crippen molar-refractivity contribution in [3.8, 4) is 0 Å². The summed E-state index contributed by atoms with van der Waals surface area (Å²) in [5.41, 5.74) is 0. The molecule has 0 saturated carbocycles. The third kappa shape index (κ3) is 9.23. The first-order valence-corrected chi connectivity index (χ1v) is 5.23. The topological polar surface area (TPSA) is 46.2 Å². The molecule has 0 aromatic rings. The molecule has 84 valence electrons. The zero-order valence-electron chi connectivity index (χ0n) is 10.2. The predicted octanol–water partition coefficient (Wildman–Crippen LogP) is 2.15. The van der Waals surface area contributed by atoms with Gasteiger partial charge in [-0.05, 0) is 19.8 Å². The summed E-state index contributed by atoms with van der Waals surface area (Å²) in [7, 11) is 0. The maximum atomic E-state index is 11.1. The lowest BCUT2D eigenvalue weighted by Gasteiger charge is -2.11. The molecule has 0 heterocycles. The average molecular weight is 201 g/mol. The van der Waals surface area contributed by atoms with Crippen molar-refractivity contribution >= 4 is 11.7 Å². The lowest BCUT2D eigenvalue weighted by Crippen LogP contribution is -2.37. The van der Waals surface area contributed by atoms with E-state index in [2.05, 4.69) is 5.32 Å². The molecule has 14 heavy (non-hydrogen) atoms. The van der Waals surface area contributed by atoms with Crippen molar-refractivity contribution < 1.29 is 9.59 Å². The Labute approximate surface area is 87.3 Å². The highest BCUT2D eigenvalue weighted by atomic mass is 16.2. The molecule has 3 nitrogen and oxygen atoms in total. The molecule has 1 amide bonds. The second-order valence-corrected chi connectivity index (χ2v) is 3.50. The molecule has 0 spiro atoms. The van der Waals surface area contributed by atoms with Gasteiger partial charge in [-0.15, -0.1) is 0 Å². The summed E-state index contributed by atoms with van der Waals surface area (Å²) in [6.07, 6.45) is 0.484. The van der Waals surface area contributed by atoms with Crippen molar-refractivity contribution in [3.63, 3.8) is 0 Å². The van der Waals surface area contributed by atoms with Gasteiger partial charge in [0.05, 0.1) is 6.04 Å². The van der Waals surface area contributed by atoms with Crippen LogP contribution in [0.2, 0.25) is 0 Å². The zero-order valence-corrected chi connectivity index (χ0v) is 10.2. The fourth-order valence-corrected chi connectivity index (χ4v) is 0.773. The van der Waals surface area contributed by atoms with Gasteiger partial charge in [0.25, 0.3) is 0 Å². The van der Waals surface area contributed by atoms with Crippen LogP contribution in [0.1, 0.15) is 48.0 Å². The van der Waals surface area contributed by atoms with Crippen molar-refractivity contribution in [2.24, 2.45) is 5.92 Å². The van der Waals surface area contributed by atoms with Gasteiger partial charge in [-0.1, -0.05) is 27.7 Å². The van der Waals surface area contributed by atoms with Gasteiger partial charge in [0.15, 0.2) is 5.78 Å². The van der Waals surface area contributed by atoms with Gasteiger partial charge in [-0.3, -0.25) is 9.59 Å². The lowest BCUT2D eigenvalue weighted by molar-refractivity contribution is -0.127. The second-order valence-electron chi connectivity index (χ2n) is 3.50. The highest BCUT2D eigenvalue weighted by Crippen LogP contribution is 1.98. The summed E-state index contributed by atoms with van der Waals surface area (Å²) in [5.74, 6) is 0.281.